The van der Waals surface area contributed by atoms with Gasteiger partial charge in [0.2, 0.25) is 0 Å². The first kappa shape index (κ1) is 28.7. The highest BCUT2D eigenvalue weighted by Crippen LogP contribution is 2.08. The highest BCUT2D eigenvalue weighted by Gasteiger charge is 2.34. The second kappa shape index (κ2) is 18.1. The molecule has 0 bridgehead atoms. The zero-order valence-electron chi connectivity index (χ0n) is 19.4. The monoisotopic (exact) mass is 480 g/mol. The molecule has 0 N–H and O–H groups in total. The minimum absolute atomic E-state index is 0.0715. The van der Waals surface area contributed by atoms with Crippen molar-refractivity contribution in [1.82, 2.24) is 0 Å². The van der Waals surface area contributed by atoms with Crippen LogP contribution in [0, 0.1) is 0 Å². The molecule has 0 aromatic carbocycles. The zero-order chi connectivity index (χ0) is 25.0. The van der Waals surface area contributed by atoms with Crippen LogP contribution in [-0.2, 0) is 38.1 Å². The summed E-state index contributed by atoms with van der Waals surface area (Å²) in [6, 6.07) is 0. The molecule has 0 amide bonds. The van der Waals surface area contributed by atoms with E-state index in [4.69, 9.17) is 30.0 Å². The summed E-state index contributed by atoms with van der Waals surface area (Å²) in [6.07, 6.45) is 8.64. The molecule has 1 fully saturated rings. The van der Waals surface area contributed by atoms with Crippen molar-refractivity contribution in [3.8, 4) is 0 Å². The van der Waals surface area contributed by atoms with Gasteiger partial charge in [0.15, 0.2) is 0 Å². The number of esters is 4. The maximum atomic E-state index is 11.9. The van der Waals surface area contributed by atoms with Gasteiger partial charge in [-0.3, -0.25) is 0 Å². The Labute approximate surface area is 198 Å². The van der Waals surface area contributed by atoms with E-state index in [9.17, 15) is 19.2 Å². The van der Waals surface area contributed by atoms with Gasteiger partial charge in [-0.15, -0.1) is 0 Å². The normalized spacial score (nSPS) is 20.1. The van der Waals surface area contributed by atoms with Crippen LogP contribution in [0.4, 0.5) is 0 Å². The molecule has 1 aliphatic rings. The first-order valence-electron chi connectivity index (χ1n) is 11.6. The van der Waals surface area contributed by atoms with Crippen molar-refractivity contribution in [2.24, 2.45) is 0 Å². The van der Waals surface area contributed by atoms with Crippen molar-refractivity contribution in [2.45, 2.75) is 77.0 Å². The summed E-state index contributed by atoms with van der Waals surface area (Å²) < 4.78 is 19.8. The van der Waals surface area contributed by atoms with E-state index in [1.54, 1.807) is 0 Å². The summed E-state index contributed by atoms with van der Waals surface area (Å²) in [5.41, 5.74) is 16.3. The van der Waals surface area contributed by atoms with E-state index >= 15 is 0 Å². The standard InChI is InChI=1S/C22H32N4O8/c23-25-17-19(27)31-13-9-5-1-2-6-10-14-32-20(28)18(26-24)22(30)34-16-12-8-4-3-7-11-15-33-21(17)29/h1-16H2. The van der Waals surface area contributed by atoms with E-state index in [0.29, 0.717) is 25.7 Å². The van der Waals surface area contributed by atoms with Crippen molar-refractivity contribution in [1.29, 1.82) is 0 Å². The SMILES string of the molecule is [N-]=[N+]=C1C(=O)OCCCCCCCCOC(=O)C(=[N+]=[N-])C(=O)OCCCCCCCCOC1=O. The molecule has 1 aliphatic heterocycles. The molecule has 12 heteroatoms. The van der Waals surface area contributed by atoms with Gasteiger partial charge < -0.3 is 30.0 Å². The third kappa shape index (κ3) is 12.0. The predicted octanol–water partition coefficient (Wildman–Crippen LogP) is 2.20. The van der Waals surface area contributed by atoms with Gasteiger partial charge in [-0.2, -0.15) is 9.58 Å². The number of nitrogens with zero attached hydrogens (tertiary/aromatic N) is 4. The van der Waals surface area contributed by atoms with E-state index < -0.39 is 35.3 Å². The summed E-state index contributed by atoms with van der Waals surface area (Å²) in [6.45, 7) is 0.286. The van der Waals surface area contributed by atoms with E-state index in [0.717, 1.165) is 51.4 Å². The molecule has 1 rings (SSSR count). The smallest absolute Gasteiger partial charge is 0.457 e. The molecule has 188 valence electrons. The third-order valence-corrected chi connectivity index (χ3v) is 4.98. The van der Waals surface area contributed by atoms with Gasteiger partial charge in [0.1, 0.15) is 0 Å². The second-order valence-corrected chi connectivity index (χ2v) is 7.68. The first-order valence-corrected chi connectivity index (χ1v) is 11.6. The van der Waals surface area contributed by atoms with Crippen molar-refractivity contribution in [3.05, 3.63) is 11.1 Å². The Morgan fingerprint density at radius 1 is 0.412 bits per heavy atom. The van der Waals surface area contributed by atoms with Gasteiger partial charge >= 0.3 is 35.3 Å². The average Bonchev–Trinajstić information content (AvgIpc) is 2.81. The second-order valence-electron chi connectivity index (χ2n) is 7.68. The van der Waals surface area contributed by atoms with Gasteiger partial charge in [-0.25, -0.2) is 19.2 Å². The molecule has 0 aliphatic carbocycles. The van der Waals surface area contributed by atoms with Crippen LogP contribution >= 0.6 is 0 Å². The molecule has 0 unspecified atom stereocenters. The third-order valence-electron chi connectivity index (χ3n) is 4.98. The van der Waals surface area contributed by atoms with Gasteiger partial charge in [-0.1, -0.05) is 51.4 Å². The van der Waals surface area contributed by atoms with Crippen LogP contribution in [0.5, 0.6) is 0 Å². The Kier molecular flexibility index (Phi) is 15.3. The Hall–Kier alpha value is -3.36. The molecular weight excluding hydrogens is 448 g/mol. The number of hydrogen-bond acceptors (Lipinski definition) is 8. The van der Waals surface area contributed by atoms with Crippen LogP contribution < -0.4 is 0 Å². The molecule has 12 nitrogen and oxygen atoms in total. The van der Waals surface area contributed by atoms with E-state index in [2.05, 4.69) is 9.58 Å². The summed E-state index contributed by atoms with van der Waals surface area (Å²) in [4.78, 5) is 53.0. The van der Waals surface area contributed by atoms with E-state index in [1.807, 2.05) is 0 Å². The molecule has 0 aromatic rings. The van der Waals surface area contributed by atoms with Crippen LogP contribution in [0.3, 0.4) is 0 Å². The number of carbonyl (C=O) groups excluding carboxylic acids is 4. The Bertz CT molecular complexity index is 683. The molecule has 1 saturated heterocycles. The number of ether oxygens (including phenoxy) is 4. The van der Waals surface area contributed by atoms with E-state index in [-0.39, 0.29) is 26.4 Å². The number of carbonyl (C=O) groups is 4. The summed E-state index contributed by atoms with van der Waals surface area (Å²) in [7, 11) is 0. The minimum atomic E-state index is -1.03. The van der Waals surface area contributed by atoms with Crippen molar-refractivity contribution >= 4 is 35.3 Å². The zero-order valence-corrected chi connectivity index (χ0v) is 19.4. The van der Waals surface area contributed by atoms with Gasteiger partial charge in [-0.05, 0) is 25.7 Å². The predicted molar refractivity (Wildman–Crippen MR) is 116 cm³/mol. The van der Waals surface area contributed by atoms with Crippen LogP contribution in [0.1, 0.15) is 77.0 Å². The van der Waals surface area contributed by atoms with Crippen molar-refractivity contribution in [3.63, 3.8) is 0 Å². The number of rotatable bonds is 0. The molecular formula is C22H32N4O8. The minimum Gasteiger partial charge on any atom is -0.457 e. The number of cyclic esters (lactones) is 4. The lowest BCUT2D eigenvalue weighted by Crippen LogP contribution is -2.29. The Morgan fingerprint density at radius 3 is 0.824 bits per heavy atom. The maximum absolute atomic E-state index is 11.9. The van der Waals surface area contributed by atoms with Crippen molar-refractivity contribution in [2.75, 3.05) is 26.4 Å². The highest BCUT2D eigenvalue weighted by molar-refractivity contribution is 6.60. The van der Waals surface area contributed by atoms with Crippen molar-refractivity contribution < 1.29 is 47.7 Å². The molecule has 0 saturated carbocycles. The Balaban J connectivity index is 2.53. The Morgan fingerprint density at radius 2 is 0.618 bits per heavy atom. The fraction of sp³-hybridized carbons (Fsp3) is 0.727. The topological polar surface area (TPSA) is 178 Å². The molecule has 0 aromatic heterocycles. The highest BCUT2D eigenvalue weighted by atomic mass is 16.6. The van der Waals surface area contributed by atoms with Gasteiger partial charge in [0, 0.05) is 0 Å². The number of hydrogen-bond donors (Lipinski definition) is 0. The summed E-state index contributed by atoms with van der Waals surface area (Å²) in [5, 5.41) is 0. The largest absolute Gasteiger partial charge is 0.482 e. The fourth-order valence-corrected chi connectivity index (χ4v) is 3.09. The lowest BCUT2D eigenvalue weighted by molar-refractivity contribution is -0.150. The molecule has 0 radical (unpaired) electrons. The summed E-state index contributed by atoms with van der Waals surface area (Å²) >= 11 is 0. The van der Waals surface area contributed by atoms with Gasteiger partial charge in [0.05, 0.1) is 26.4 Å². The van der Waals surface area contributed by atoms with Crippen LogP contribution in [0.2, 0.25) is 0 Å². The fourth-order valence-electron chi connectivity index (χ4n) is 3.09. The lowest BCUT2D eigenvalue weighted by Gasteiger charge is -2.06. The average molecular weight is 481 g/mol. The molecule has 0 atom stereocenters. The molecule has 1 heterocycles. The molecule has 34 heavy (non-hydrogen) atoms. The van der Waals surface area contributed by atoms with Crippen LogP contribution in [-0.4, -0.2) is 71.3 Å². The summed E-state index contributed by atoms with van der Waals surface area (Å²) in [5.74, 6) is -4.10. The lowest BCUT2D eigenvalue weighted by atomic mass is 10.1. The molecule has 0 spiro atoms. The van der Waals surface area contributed by atoms with Gasteiger partial charge in [0.25, 0.3) is 0 Å². The van der Waals surface area contributed by atoms with E-state index in [1.165, 1.54) is 0 Å². The first-order chi connectivity index (χ1) is 16.5. The van der Waals surface area contributed by atoms with Crippen LogP contribution in [0.25, 0.3) is 11.1 Å². The maximum Gasteiger partial charge on any atom is 0.482 e. The quantitative estimate of drug-likeness (QED) is 0.219. The van der Waals surface area contributed by atoms with Crippen LogP contribution in [0.15, 0.2) is 0 Å².